The van der Waals surface area contributed by atoms with Crippen LogP contribution in [0, 0.1) is 5.41 Å². The third-order valence-corrected chi connectivity index (χ3v) is 14.3. The zero-order chi connectivity index (χ0) is 42.6. The van der Waals surface area contributed by atoms with Crippen LogP contribution < -0.4 is 26.8 Å². The van der Waals surface area contributed by atoms with Crippen LogP contribution in [0.5, 0.6) is 0 Å². The number of nitrogens with zero attached hydrogens (tertiary/aromatic N) is 2. The minimum atomic E-state index is -3.02. The molecule has 17 heteroatoms. The lowest BCUT2D eigenvalue weighted by Gasteiger charge is -2.27. The molecule has 1 unspecified atom stereocenters. The van der Waals surface area contributed by atoms with Crippen LogP contribution in [-0.4, -0.2) is 89.9 Å². The van der Waals surface area contributed by atoms with E-state index in [2.05, 4.69) is 21.3 Å². The number of carbonyl (C=O) groups is 5. The van der Waals surface area contributed by atoms with Gasteiger partial charge in [-0.05, 0) is 74.9 Å². The number of imide groups is 2. The molecule has 5 N–H and O–H groups in total. The number of amides is 5. The number of unbranched alkanes of at least 4 members (excludes halogenated alkanes) is 5. The minimum absolute atomic E-state index is 0.0673. The van der Waals surface area contributed by atoms with Gasteiger partial charge < -0.3 is 20.5 Å². The van der Waals surface area contributed by atoms with E-state index in [-0.39, 0.29) is 58.8 Å². The molecule has 3 aliphatic rings. The number of hydrogen-bond donors (Lipinski definition) is 5. The first-order valence-electron chi connectivity index (χ1n) is 20.5. The van der Waals surface area contributed by atoms with Crippen molar-refractivity contribution in [3.63, 3.8) is 0 Å². The van der Waals surface area contributed by atoms with Gasteiger partial charge in [-0.15, -0.1) is 11.3 Å². The Morgan fingerprint density at radius 3 is 2.28 bits per heavy atom. The lowest BCUT2D eigenvalue weighted by molar-refractivity contribution is -0.136. The van der Waals surface area contributed by atoms with Gasteiger partial charge in [0.25, 0.3) is 23.3 Å². The average molecular weight is 856 g/mol. The number of piperidine rings is 1. The molecule has 4 aromatic rings. The van der Waals surface area contributed by atoms with E-state index in [1.807, 2.05) is 25.3 Å². The van der Waals surface area contributed by atoms with Gasteiger partial charge in [-0.25, -0.2) is 8.42 Å². The van der Waals surface area contributed by atoms with Gasteiger partial charge in [0.1, 0.15) is 21.7 Å². The van der Waals surface area contributed by atoms with Crippen molar-refractivity contribution in [1.29, 1.82) is 5.41 Å². The SMILES string of the molecule is CCn1cc(-c2ccc(C(=O)NCCCCCCCCNc3cccc4c3C(=O)N(C3CCC(=O)NC3=O)C4=O)cc2)c2sc(C(=N)NC3CCS(=O)(=O)CC3)cc2c1=O. The Bertz CT molecular complexity index is 2520. The number of pyridine rings is 1. The van der Waals surface area contributed by atoms with Crippen LogP contribution in [0.1, 0.15) is 107 Å². The van der Waals surface area contributed by atoms with E-state index in [4.69, 9.17) is 5.41 Å². The molecule has 316 valence electrons. The van der Waals surface area contributed by atoms with Gasteiger partial charge in [-0.2, -0.15) is 0 Å². The number of thiophene rings is 1. The molecular formula is C43H49N7O8S2. The maximum Gasteiger partial charge on any atom is 0.264 e. The number of amidine groups is 1. The highest BCUT2D eigenvalue weighted by molar-refractivity contribution is 7.91. The molecule has 2 aromatic carbocycles. The summed E-state index contributed by atoms with van der Waals surface area (Å²) in [6.07, 6.45) is 8.47. The van der Waals surface area contributed by atoms with Crippen LogP contribution in [0.15, 0.2) is 59.5 Å². The number of nitrogens with one attached hydrogen (secondary N) is 5. The zero-order valence-corrected chi connectivity index (χ0v) is 35.1. The number of aryl methyl sites for hydroxylation is 1. The van der Waals surface area contributed by atoms with Crippen LogP contribution in [0.2, 0.25) is 0 Å². The van der Waals surface area contributed by atoms with E-state index in [1.165, 1.54) is 11.3 Å². The summed E-state index contributed by atoms with van der Waals surface area (Å²) in [4.78, 5) is 78.2. The summed E-state index contributed by atoms with van der Waals surface area (Å²) in [6, 6.07) is 12.9. The maximum absolute atomic E-state index is 13.3. The first-order valence-corrected chi connectivity index (χ1v) is 23.2. The fourth-order valence-corrected chi connectivity index (χ4v) is 10.6. The van der Waals surface area contributed by atoms with E-state index in [0.29, 0.717) is 54.0 Å². The summed E-state index contributed by atoms with van der Waals surface area (Å²) in [7, 11) is -3.02. The molecule has 5 heterocycles. The molecule has 2 fully saturated rings. The lowest BCUT2D eigenvalue weighted by atomic mass is 10.0. The highest BCUT2D eigenvalue weighted by Crippen LogP contribution is 2.35. The van der Waals surface area contributed by atoms with Gasteiger partial charge in [0, 0.05) is 59.8 Å². The Morgan fingerprint density at radius 1 is 0.883 bits per heavy atom. The van der Waals surface area contributed by atoms with Crippen LogP contribution in [-0.2, 0) is 26.0 Å². The molecule has 0 radical (unpaired) electrons. The van der Waals surface area contributed by atoms with E-state index in [9.17, 15) is 37.2 Å². The summed E-state index contributed by atoms with van der Waals surface area (Å²) in [5.41, 5.74) is 3.10. The summed E-state index contributed by atoms with van der Waals surface area (Å²) in [5.74, 6) is -1.91. The molecule has 0 aliphatic carbocycles. The second-order valence-corrected chi connectivity index (χ2v) is 18.8. The molecule has 60 heavy (non-hydrogen) atoms. The summed E-state index contributed by atoms with van der Waals surface area (Å²) in [5, 5.41) is 20.9. The largest absolute Gasteiger partial charge is 0.384 e. The lowest BCUT2D eigenvalue weighted by Crippen LogP contribution is -2.54. The fraction of sp³-hybridized carbons (Fsp3) is 0.419. The minimum Gasteiger partial charge on any atom is -0.384 e. The Kier molecular flexibility index (Phi) is 12.9. The van der Waals surface area contributed by atoms with Crippen LogP contribution in [0.3, 0.4) is 0 Å². The average Bonchev–Trinajstić information content (AvgIpc) is 3.79. The van der Waals surface area contributed by atoms with Gasteiger partial charge in [-0.3, -0.25) is 44.4 Å². The Morgan fingerprint density at radius 2 is 1.58 bits per heavy atom. The van der Waals surface area contributed by atoms with Gasteiger partial charge in [-0.1, -0.05) is 43.9 Å². The van der Waals surface area contributed by atoms with E-state index < -0.39 is 39.5 Å². The van der Waals surface area contributed by atoms with Gasteiger partial charge in [0.05, 0.1) is 32.9 Å². The second kappa shape index (κ2) is 18.3. The predicted octanol–water partition coefficient (Wildman–Crippen LogP) is 4.83. The summed E-state index contributed by atoms with van der Waals surface area (Å²) < 4.78 is 26.1. The Hall–Kier alpha value is -5.68. The summed E-state index contributed by atoms with van der Waals surface area (Å²) >= 11 is 1.35. The van der Waals surface area contributed by atoms with Crippen molar-refractivity contribution in [3.8, 4) is 11.1 Å². The molecular weight excluding hydrogens is 807 g/mol. The fourth-order valence-electron chi connectivity index (χ4n) is 8.00. The molecule has 2 aromatic heterocycles. The molecule has 3 aliphatic heterocycles. The first kappa shape index (κ1) is 42.4. The quantitative estimate of drug-likeness (QED) is 0.0448. The normalized spacial score (nSPS) is 17.8. The predicted molar refractivity (Wildman–Crippen MR) is 230 cm³/mol. The number of aromatic nitrogens is 1. The van der Waals surface area contributed by atoms with Gasteiger partial charge in [0.2, 0.25) is 11.8 Å². The summed E-state index contributed by atoms with van der Waals surface area (Å²) in [6.45, 7) is 3.51. The van der Waals surface area contributed by atoms with Crippen molar-refractivity contribution >= 4 is 72.3 Å². The van der Waals surface area contributed by atoms with Crippen molar-refractivity contribution in [2.45, 2.75) is 89.8 Å². The number of fused-ring (bicyclic) bond motifs is 2. The van der Waals surface area contributed by atoms with Crippen molar-refractivity contribution in [3.05, 3.63) is 86.6 Å². The molecule has 15 nitrogen and oxygen atoms in total. The number of sulfone groups is 1. The number of rotatable bonds is 16. The number of hydrogen-bond acceptors (Lipinski definition) is 11. The number of carbonyl (C=O) groups excluding carboxylic acids is 5. The van der Waals surface area contributed by atoms with Gasteiger partial charge >= 0.3 is 0 Å². The molecule has 2 saturated heterocycles. The van der Waals surface area contributed by atoms with E-state index in [0.717, 1.165) is 59.3 Å². The molecule has 5 amide bonds. The van der Waals surface area contributed by atoms with Gasteiger partial charge in [0.15, 0.2) is 0 Å². The Balaban J connectivity index is 0.840. The van der Waals surface area contributed by atoms with Crippen molar-refractivity contribution in [2.75, 3.05) is 29.9 Å². The van der Waals surface area contributed by atoms with Crippen LogP contribution in [0.25, 0.3) is 21.2 Å². The van der Waals surface area contributed by atoms with Crippen molar-refractivity contribution in [1.82, 2.24) is 25.4 Å². The zero-order valence-electron chi connectivity index (χ0n) is 33.4. The first-order chi connectivity index (χ1) is 28.8. The molecule has 0 bridgehead atoms. The van der Waals surface area contributed by atoms with Crippen LogP contribution >= 0.6 is 11.3 Å². The molecule has 0 spiro atoms. The monoisotopic (exact) mass is 855 g/mol. The van der Waals surface area contributed by atoms with Crippen molar-refractivity contribution in [2.24, 2.45) is 0 Å². The highest BCUT2D eigenvalue weighted by atomic mass is 32.2. The number of anilines is 1. The molecule has 0 saturated carbocycles. The van der Waals surface area contributed by atoms with Crippen molar-refractivity contribution < 1.29 is 32.4 Å². The topological polar surface area (TPSA) is 217 Å². The standard InChI is InChI=1S/C43H49N7O8S2/c1-2-49-25-31(37-30(41(49)54)24-34(59-37)38(44)47-28-18-22-60(57,58)23-19-28)26-12-14-27(15-13-26)39(52)46-21-8-6-4-3-5-7-20-45-32-11-9-10-29-36(32)43(56)50(42(29)55)33-16-17-35(51)48-40(33)53/h9-15,24-25,28,33,45H,2-8,16-23H2,1H3,(H2,44,47)(H,46,52)(H,48,51,53). The smallest absolute Gasteiger partial charge is 0.264 e. The number of benzene rings is 2. The Labute approximate surface area is 351 Å². The second-order valence-electron chi connectivity index (χ2n) is 15.5. The highest BCUT2D eigenvalue weighted by Gasteiger charge is 2.45. The molecule has 7 rings (SSSR count). The van der Waals surface area contributed by atoms with E-state index >= 15 is 0 Å². The van der Waals surface area contributed by atoms with E-state index in [1.54, 1.807) is 41.0 Å². The maximum atomic E-state index is 13.3. The third-order valence-electron chi connectivity index (χ3n) is 11.4. The third kappa shape index (κ3) is 9.21. The van der Waals surface area contributed by atoms with Crippen LogP contribution in [0.4, 0.5) is 5.69 Å². The molecule has 1 atom stereocenters.